The highest BCUT2D eigenvalue weighted by molar-refractivity contribution is 6.02. The topological polar surface area (TPSA) is 84.2 Å². The minimum atomic E-state index is -0.325. The predicted molar refractivity (Wildman–Crippen MR) is 98.2 cm³/mol. The molecule has 3 aromatic rings. The van der Waals surface area contributed by atoms with Gasteiger partial charge in [0.15, 0.2) is 5.76 Å². The molecule has 0 spiro atoms. The summed E-state index contributed by atoms with van der Waals surface area (Å²) >= 11 is 0. The lowest BCUT2D eigenvalue weighted by molar-refractivity contribution is -0.116. The molecule has 0 fully saturated rings. The summed E-state index contributed by atoms with van der Waals surface area (Å²) in [5.74, 6) is -0.307. The van der Waals surface area contributed by atoms with Gasteiger partial charge < -0.3 is 15.1 Å². The van der Waals surface area contributed by atoms with E-state index in [0.29, 0.717) is 17.9 Å². The lowest BCUT2D eigenvalue weighted by atomic mass is 10.2. The molecule has 0 aliphatic heterocycles. The molecule has 1 aromatic carbocycles. The summed E-state index contributed by atoms with van der Waals surface area (Å²) in [5, 5.41) is 5.54. The van der Waals surface area contributed by atoms with Gasteiger partial charge in [0.2, 0.25) is 5.91 Å². The smallest absolute Gasteiger partial charge is 0.291 e. The first-order chi connectivity index (χ1) is 12.7. The van der Waals surface area contributed by atoms with Gasteiger partial charge >= 0.3 is 0 Å². The second-order valence-electron chi connectivity index (χ2n) is 5.44. The van der Waals surface area contributed by atoms with Gasteiger partial charge in [0.05, 0.1) is 12.0 Å². The summed E-state index contributed by atoms with van der Waals surface area (Å²) in [6.07, 6.45) is 6.19. The predicted octanol–water partition coefficient (Wildman–Crippen LogP) is 3.26. The van der Waals surface area contributed by atoms with Crippen LogP contribution in [-0.2, 0) is 11.3 Å². The summed E-state index contributed by atoms with van der Waals surface area (Å²) in [4.78, 5) is 28.0. The molecule has 2 aromatic heterocycles. The molecule has 26 heavy (non-hydrogen) atoms. The van der Waals surface area contributed by atoms with Gasteiger partial charge in [0, 0.05) is 24.5 Å². The van der Waals surface area contributed by atoms with Crippen molar-refractivity contribution in [2.75, 3.05) is 5.32 Å². The average molecular weight is 347 g/mol. The Balaban J connectivity index is 1.54. The number of carbonyl (C=O) groups is 2. The fraction of sp³-hybridized carbons (Fsp3) is 0.0500. The first-order valence-corrected chi connectivity index (χ1v) is 8.01. The van der Waals surface area contributed by atoms with Crippen LogP contribution in [0.15, 0.2) is 77.6 Å². The van der Waals surface area contributed by atoms with Crippen LogP contribution < -0.4 is 10.6 Å². The van der Waals surface area contributed by atoms with Gasteiger partial charge in [-0.1, -0.05) is 18.2 Å². The molecule has 0 saturated heterocycles. The number of pyridine rings is 1. The van der Waals surface area contributed by atoms with Gasteiger partial charge in [-0.15, -0.1) is 0 Å². The van der Waals surface area contributed by atoms with Crippen LogP contribution in [0.4, 0.5) is 5.69 Å². The first kappa shape index (κ1) is 17.2. The Bertz CT molecular complexity index is 903. The molecule has 130 valence electrons. The highest BCUT2D eigenvalue weighted by Crippen LogP contribution is 2.12. The number of aromatic nitrogens is 1. The number of nitrogens with zero attached hydrogens (tertiary/aromatic N) is 1. The van der Waals surface area contributed by atoms with Crippen LogP contribution in [0.2, 0.25) is 0 Å². The van der Waals surface area contributed by atoms with Crippen molar-refractivity contribution < 1.29 is 14.0 Å². The monoisotopic (exact) mass is 347 g/mol. The maximum Gasteiger partial charge on any atom is 0.291 e. The second kappa shape index (κ2) is 8.43. The third-order valence-electron chi connectivity index (χ3n) is 3.49. The van der Waals surface area contributed by atoms with E-state index in [1.54, 1.807) is 36.5 Å². The number of benzene rings is 1. The van der Waals surface area contributed by atoms with Crippen LogP contribution in [-0.4, -0.2) is 16.8 Å². The minimum absolute atomic E-state index is 0.222. The molecule has 0 bridgehead atoms. The van der Waals surface area contributed by atoms with Crippen LogP contribution in [0.5, 0.6) is 0 Å². The normalized spacial score (nSPS) is 10.6. The van der Waals surface area contributed by atoms with Crippen molar-refractivity contribution >= 4 is 23.6 Å². The number of hydrogen-bond donors (Lipinski definition) is 2. The number of nitrogens with one attached hydrogen (secondary N) is 2. The zero-order valence-corrected chi connectivity index (χ0v) is 13.9. The average Bonchev–Trinajstić information content (AvgIpc) is 3.21. The molecule has 0 saturated carbocycles. The van der Waals surface area contributed by atoms with Crippen LogP contribution in [0.3, 0.4) is 0 Å². The molecule has 2 heterocycles. The maximum absolute atomic E-state index is 12.0. The van der Waals surface area contributed by atoms with E-state index >= 15 is 0 Å². The molecule has 0 unspecified atom stereocenters. The summed E-state index contributed by atoms with van der Waals surface area (Å²) in [6.45, 7) is 0.343. The fourth-order valence-electron chi connectivity index (χ4n) is 2.24. The third kappa shape index (κ3) is 4.91. The van der Waals surface area contributed by atoms with Crippen molar-refractivity contribution in [2.45, 2.75) is 6.54 Å². The van der Waals surface area contributed by atoms with E-state index < -0.39 is 0 Å². The van der Waals surface area contributed by atoms with E-state index in [0.717, 1.165) is 5.56 Å². The van der Waals surface area contributed by atoms with Crippen molar-refractivity contribution in [1.29, 1.82) is 0 Å². The number of rotatable bonds is 6. The van der Waals surface area contributed by atoms with Gasteiger partial charge in [-0.3, -0.25) is 14.6 Å². The number of amides is 2. The molecule has 2 amide bonds. The highest BCUT2D eigenvalue weighted by Gasteiger charge is 2.08. The third-order valence-corrected chi connectivity index (χ3v) is 3.49. The highest BCUT2D eigenvalue weighted by atomic mass is 16.3. The molecule has 2 N–H and O–H groups in total. The molecule has 6 nitrogen and oxygen atoms in total. The quantitative estimate of drug-likeness (QED) is 0.670. The molecule has 6 heteroatoms. The van der Waals surface area contributed by atoms with Gasteiger partial charge in [0.1, 0.15) is 0 Å². The Kier molecular flexibility index (Phi) is 5.57. The molecule has 0 aliphatic carbocycles. The van der Waals surface area contributed by atoms with Gasteiger partial charge in [-0.05, 0) is 48.0 Å². The van der Waals surface area contributed by atoms with E-state index in [-0.39, 0.29) is 17.6 Å². The molecule has 0 atom stereocenters. The van der Waals surface area contributed by atoms with Crippen molar-refractivity contribution in [3.05, 3.63) is 90.2 Å². The summed E-state index contributed by atoms with van der Waals surface area (Å²) in [7, 11) is 0. The molecule has 0 aliphatic rings. The summed E-state index contributed by atoms with van der Waals surface area (Å²) in [5.41, 5.74) is 2.20. The zero-order valence-electron chi connectivity index (χ0n) is 13.9. The standard InChI is InChI=1S/C20H17N3O3/c24-19(10-9-16-6-1-2-11-21-16)22-14-15-5-3-7-17(13-15)23-20(25)18-8-4-12-26-18/h1-13H,14H2,(H,22,24)(H,23,25). The van der Waals surface area contributed by atoms with Gasteiger partial charge in [-0.25, -0.2) is 0 Å². The van der Waals surface area contributed by atoms with Crippen LogP contribution >= 0.6 is 0 Å². The Hall–Kier alpha value is -3.67. The molecular formula is C20H17N3O3. The second-order valence-corrected chi connectivity index (χ2v) is 5.44. The van der Waals surface area contributed by atoms with E-state index in [4.69, 9.17) is 4.42 Å². The zero-order chi connectivity index (χ0) is 18.2. The van der Waals surface area contributed by atoms with Crippen LogP contribution in [0, 0.1) is 0 Å². The van der Waals surface area contributed by atoms with E-state index in [1.165, 1.54) is 12.3 Å². The molecule has 3 rings (SSSR count). The number of anilines is 1. The summed E-state index contributed by atoms with van der Waals surface area (Å²) in [6, 6.07) is 16.0. The van der Waals surface area contributed by atoms with E-state index in [1.807, 2.05) is 30.3 Å². The Morgan fingerprint density at radius 1 is 1.08 bits per heavy atom. The van der Waals surface area contributed by atoms with E-state index in [2.05, 4.69) is 15.6 Å². The maximum atomic E-state index is 12.0. The Labute approximate surface area is 150 Å². The molecule has 0 radical (unpaired) electrons. The van der Waals surface area contributed by atoms with Crippen molar-refractivity contribution in [1.82, 2.24) is 10.3 Å². The van der Waals surface area contributed by atoms with Gasteiger partial charge in [-0.2, -0.15) is 0 Å². The Morgan fingerprint density at radius 2 is 2.00 bits per heavy atom. The van der Waals surface area contributed by atoms with Crippen LogP contribution in [0.1, 0.15) is 21.8 Å². The van der Waals surface area contributed by atoms with Crippen molar-refractivity contribution in [2.24, 2.45) is 0 Å². The number of furan rings is 1. The number of carbonyl (C=O) groups excluding carboxylic acids is 2. The number of hydrogen-bond acceptors (Lipinski definition) is 4. The lowest BCUT2D eigenvalue weighted by Gasteiger charge is -2.07. The van der Waals surface area contributed by atoms with Crippen molar-refractivity contribution in [3.63, 3.8) is 0 Å². The van der Waals surface area contributed by atoms with Gasteiger partial charge in [0.25, 0.3) is 5.91 Å². The SMILES string of the molecule is O=C(C=Cc1ccccn1)NCc1cccc(NC(=O)c2ccco2)c1. The fourth-order valence-corrected chi connectivity index (χ4v) is 2.24. The largest absolute Gasteiger partial charge is 0.459 e. The lowest BCUT2D eigenvalue weighted by Crippen LogP contribution is -2.20. The van der Waals surface area contributed by atoms with Crippen LogP contribution in [0.25, 0.3) is 6.08 Å². The van der Waals surface area contributed by atoms with E-state index in [9.17, 15) is 9.59 Å². The Morgan fingerprint density at radius 3 is 2.77 bits per heavy atom. The minimum Gasteiger partial charge on any atom is -0.459 e. The summed E-state index contributed by atoms with van der Waals surface area (Å²) < 4.78 is 5.06. The molecular weight excluding hydrogens is 330 g/mol. The van der Waals surface area contributed by atoms with Crippen molar-refractivity contribution in [3.8, 4) is 0 Å². The first-order valence-electron chi connectivity index (χ1n) is 8.01.